The van der Waals surface area contributed by atoms with Crippen molar-refractivity contribution >= 4 is 23.3 Å². The Kier molecular flexibility index (Phi) is 5.23. The molecule has 19 heavy (non-hydrogen) atoms. The lowest BCUT2D eigenvalue weighted by atomic mass is 10.1. The van der Waals surface area contributed by atoms with Crippen LogP contribution < -0.4 is 10.6 Å². The molecule has 0 aliphatic rings. The monoisotopic (exact) mass is 262 g/mol. The van der Waals surface area contributed by atoms with Crippen LogP contribution in [0.1, 0.15) is 36.2 Å². The molecule has 0 aliphatic carbocycles. The van der Waals surface area contributed by atoms with Gasteiger partial charge in [0.15, 0.2) is 0 Å². The number of carbonyl (C=O) groups is 3. The van der Waals surface area contributed by atoms with E-state index in [4.69, 9.17) is 0 Å². The SMILES string of the molecule is CCNC(=O)c1ccc(NC(=O)CC(C)=O)c(C)c1. The van der Waals surface area contributed by atoms with E-state index in [1.165, 1.54) is 6.92 Å². The number of amides is 2. The summed E-state index contributed by atoms with van der Waals surface area (Å²) in [5, 5.41) is 5.35. The van der Waals surface area contributed by atoms with Gasteiger partial charge in [-0.15, -0.1) is 0 Å². The number of aryl methyl sites for hydroxylation is 1. The number of benzene rings is 1. The van der Waals surface area contributed by atoms with E-state index in [1.54, 1.807) is 25.1 Å². The summed E-state index contributed by atoms with van der Waals surface area (Å²) in [6, 6.07) is 5.01. The number of ketones is 1. The smallest absolute Gasteiger partial charge is 0.251 e. The van der Waals surface area contributed by atoms with Crippen LogP contribution in [0.15, 0.2) is 18.2 Å². The van der Waals surface area contributed by atoms with E-state index in [-0.39, 0.29) is 24.0 Å². The Balaban J connectivity index is 2.80. The number of rotatable bonds is 5. The maximum Gasteiger partial charge on any atom is 0.251 e. The third kappa shape index (κ3) is 4.54. The predicted octanol–water partition coefficient (Wildman–Crippen LogP) is 1.66. The Morgan fingerprint density at radius 2 is 1.89 bits per heavy atom. The van der Waals surface area contributed by atoms with E-state index in [2.05, 4.69) is 10.6 Å². The Morgan fingerprint density at radius 1 is 1.21 bits per heavy atom. The van der Waals surface area contributed by atoms with Crippen LogP contribution in [0.3, 0.4) is 0 Å². The van der Waals surface area contributed by atoms with E-state index in [9.17, 15) is 14.4 Å². The Bertz CT molecular complexity index is 509. The van der Waals surface area contributed by atoms with Crippen molar-refractivity contribution < 1.29 is 14.4 Å². The molecule has 2 amide bonds. The van der Waals surface area contributed by atoms with Crippen LogP contribution >= 0.6 is 0 Å². The van der Waals surface area contributed by atoms with Gasteiger partial charge in [0.2, 0.25) is 5.91 Å². The highest BCUT2D eigenvalue weighted by Gasteiger charge is 2.10. The largest absolute Gasteiger partial charge is 0.352 e. The average Bonchev–Trinajstić information content (AvgIpc) is 2.31. The molecular weight excluding hydrogens is 244 g/mol. The molecule has 0 fully saturated rings. The molecule has 0 heterocycles. The molecule has 0 bridgehead atoms. The van der Waals surface area contributed by atoms with Gasteiger partial charge >= 0.3 is 0 Å². The molecule has 102 valence electrons. The summed E-state index contributed by atoms with van der Waals surface area (Å²) >= 11 is 0. The van der Waals surface area contributed by atoms with Crippen molar-refractivity contribution in [1.29, 1.82) is 0 Å². The van der Waals surface area contributed by atoms with Crippen LogP contribution in [-0.2, 0) is 9.59 Å². The van der Waals surface area contributed by atoms with Gasteiger partial charge in [0.1, 0.15) is 5.78 Å². The molecule has 0 unspecified atom stereocenters. The lowest BCUT2D eigenvalue weighted by Gasteiger charge is -2.09. The number of hydrogen-bond donors (Lipinski definition) is 2. The molecule has 0 saturated carbocycles. The van der Waals surface area contributed by atoms with Gasteiger partial charge in [-0.2, -0.15) is 0 Å². The number of nitrogens with one attached hydrogen (secondary N) is 2. The van der Waals surface area contributed by atoms with Crippen molar-refractivity contribution in [3.05, 3.63) is 29.3 Å². The van der Waals surface area contributed by atoms with Gasteiger partial charge in [-0.1, -0.05) is 0 Å². The summed E-state index contributed by atoms with van der Waals surface area (Å²) in [5.41, 5.74) is 1.93. The van der Waals surface area contributed by atoms with Crippen molar-refractivity contribution in [2.75, 3.05) is 11.9 Å². The summed E-state index contributed by atoms with van der Waals surface area (Å²) in [4.78, 5) is 33.9. The van der Waals surface area contributed by atoms with Crippen LogP contribution in [0, 0.1) is 6.92 Å². The second kappa shape index (κ2) is 6.68. The zero-order valence-corrected chi connectivity index (χ0v) is 11.4. The van der Waals surface area contributed by atoms with Gasteiger partial charge in [0.25, 0.3) is 5.91 Å². The highest BCUT2D eigenvalue weighted by atomic mass is 16.2. The topological polar surface area (TPSA) is 75.3 Å². The predicted molar refractivity (Wildman–Crippen MR) is 73.1 cm³/mol. The Hall–Kier alpha value is -2.17. The number of carbonyl (C=O) groups excluding carboxylic acids is 3. The van der Waals surface area contributed by atoms with Crippen molar-refractivity contribution in [3.8, 4) is 0 Å². The molecule has 1 aromatic carbocycles. The van der Waals surface area contributed by atoms with E-state index < -0.39 is 0 Å². The molecule has 1 aromatic rings. The van der Waals surface area contributed by atoms with Crippen molar-refractivity contribution in [1.82, 2.24) is 5.32 Å². The minimum absolute atomic E-state index is 0.141. The highest BCUT2D eigenvalue weighted by molar-refractivity contribution is 6.04. The molecule has 0 radical (unpaired) electrons. The third-order valence-electron chi connectivity index (χ3n) is 2.51. The molecule has 0 aliphatic heterocycles. The molecule has 2 N–H and O–H groups in total. The maximum absolute atomic E-state index is 11.6. The van der Waals surface area contributed by atoms with Gasteiger partial charge in [-0.05, 0) is 44.5 Å². The normalized spacial score (nSPS) is 9.84. The molecule has 0 aromatic heterocycles. The first-order valence-corrected chi connectivity index (χ1v) is 6.12. The number of anilines is 1. The second-order valence-corrected chi connectivity index (χ2v) is 4.32. The standard InChI is InChI=1S/C14H18N2O3/c1-4-15-14(19)11-5-6-12(9(2)7-11)16-13(18)8-10(3)17/h5-7H,4,8H2,1-3H3,(H,15,19)(H,16,18). The van der Waals surface area contributed by atoms with Crippen molar-refractivity contribution in [2.45, 2.75) is 27.2 Å². The minimum atomic E-state index is -0.346. The van der Waals surface area contributed by atoms with Gasteiger partial charge in [0, 0.05) is 17.8 Å². The zero-order chi connectivity index (χ0) is 14.4. The molecule has 0 atom stereocenters. The fourth-order valence-electron chi connectivity index (χ4n) is 1.63. The summed E-state index contributed by atoms with van der Waals surface area (Å²) in [7, 11) is 0. The molecule has 0 saturated heterocycles. The first-order chi connectivity index (χ1) is 8.93. The lowest BCUT2D eigenvalue weighted by Crippen LogP contribution is -2.23. The molecular formula is C14H18N2O3. The zero-order valence-electron chi connectivity index (χ0n) is 11.4. The van der Waals surface area contributed by atoms with E-state index in [0.29, 0.717) is 17.8 Å². The fraction of sp³-hybridized carbons (Fsp3) is 0.357. The Labute approximate surface area is 112 Å². The first-order valence-electron chi connectivity index (χ1n) is 6.12. The van der Waals surface area contributed by atoms with E-state index in [0.717, 1.165) is 5.56 Å². The molecule has 0 spiro atoms. The Morgan fingerprint density at radius 3 is 2.42 bits per heavy atom. The average molecular weight is 262 g/mol. The summed E-state index contributed by atoms with van der Waals surface area (Å²) in [6.07, 6.45) is -0.141. The maximum atomic E-state index is 11.6. The van der Waals surface area contributed by atoms with E-state index in [1.807, 2.05) is 6.92 Å². The quantitative estimate of drug-likeness (QED) is 0.792. The first kappa shape index (κ1) is 14.9. The number of hydrogen-bond acceptors (Lipinski definition) is 3. The van der Waals surface area contributed by atoms with Gasteiger partial charge < -0.3 is 10.6 Å². The summed E-state index contributed by atoms with van der Waals surface area (Å²) < 4.78 is 0. The molecule has 5 heteroatoms. The van der Waals surface area contributed by atoms with Crippen LogP contribution in [0.25, 0.3) is 0 Å². The van der Waals surface area contributed by atoms with Crippen molar-refractivity contribution in [2.24, 2.45) is 0 Å². The summed E-state index contributed by atoms with van der Waals surface area (Å²) in [5.74, 6) is -0.678. The molecule has 1 rings (SSSR count). The fourth-order valence-corrected chi connectivity index (χ4v) is 1.63. The van der Waals surface area contributed by atoms with Crippen LogP contribution in [-0.4, -0.2) is 24.1 Å². The third-order valence-corrected chi connectivity index (χ3v) is 2.51. The van der Waals surface area contributed by atoms with E-state index >= 15 is 0 Å². The molecule has 5 nitrogen and oxygen atoms in total. The van der Waals surface area contributed by atoms with Gasteiger partial charge in [-0.25, -0.2) is 0 Å². The minimum Gasteiger partial charge on any atom is -0.352 e. The van der Waals surface area contributed by atoms with Gasteiger partial charge in [-0.3, -0.25) is 14.4 Å². The summed E-state index contributed by atoms with van der Waals surface area (Å²) in [6.45, 7) is 5.58. The number of Topliss-reactive ketones (excluding diaryl/α,β-unsaturated/α-hetero) is 1. The lowest BCUT2D eigenvalue weighted by molar-refractivity contribution is -0.124. The van der Waals surface area contributed by atoms with Crippen LogP contribution in [0.5, 0.6) is 0 Å². The van der Waals surface area contributed by atoms with Crippen molar-refractivity contribution in [3.63, 3.8) is 0 Å². The van der Waals surface area contributed by atoms with Gasteiger partial charge in [0.05, 0.1) is 6.42 Å². The highest BCUT2D eigenvalue weighted by Crippen LogP contribution is 2.16. The second-order valence-electron chi connectivity index (χ2n) is 4.32. The van der Waals surface area contributed by atoms with Crippen LogP contribution in [0.2, 0.25) is 0 Å². The van der Waals surface area contributed by atoms with Crippen LogP contribution in [0.4, 0.5) is 5.69 Å².